The van der Waals surface area contributed by atoms with Gasteiger partial charge in [-0.1, -0.05) is 24.2 Å². The fourth-order valence-corrected chi connectivity index (χ4v) is 3.13. The third kappa shape index (κ3) is 4.98. The van der Waals surface area contributed by atoms with Gasteiger partial charge in [-0.15, -0.1) is 16.9 Å². The third-order valence-electron chi connectivity index (χ3n) is 3.85. The second-order valence-corrected chi connectivity index (χ2v) is 7.12. The summed E-state index contributed by atoms with van der Waals surface area (Å²) >= 11 is 1.78. The predicted molar refractivity (Wildman–Crippen MR) is 106 cm³/mol. The van der Waals surface area contributed by atoms with Crippen molar-refractivity contribution in [2.75, 3.05) is 18.2 Å². The molecule has 144 valence electrons. The Morgan fingerprint density at radius 3 is 2.36 bits per heavy atom. The molecule has 0 unspecified atom stereocenters. The zero-order chi connectivity index (χ0) is 19.9. The molecule has 0 aliphatic rings. The Hall–Kier alpha value is -3.13. The highest BCUT2D eigenvalue weighted by Gasteiger charge is 2.13. The highest BCUT2D eigenvalue weighted by molar-refractivity contribution is 7.99. The molecule has 0 saturated carbocycles. The molecule has 0 fully saturated rings. The van der Waals surface area contributed by atoms with Crippen LogP contribution in [-0.2, 0) is 11.2 Å². The molecule has 0 aliphatic carbocycles. The van der Waals surface area contributed by atoms with Crippen molar-refractivity contribution < 1.29 is 18.7 Å². The Kier molecular flexibility index (Phi) is 6.44. The molecule has 3 aromatic rings. The Morgan fingerprint density at radius 2 is 1.71 bits per heavy atom. The van der Waals surface area contributed by atoms with Crippen LogP contribution >= 0.6 is 11.8 Å². The van der Waals surface area contributed by atoms with Gasteiger partial charge < -0.3 is 9.15 Å². The lowest BCUT2D eigenvalue weighted by Gasteiger charge is -2.02. The summed E-state index contributed by atoms with van der Waals surface area (Å²) in [6.45, 7) is 2.11. The Balaban J connectivity index is 1.60. The molecule has 0 radical (unpaired) electrons. The zero-order valence-electron chi connectivity index (χ0n) is 15.5. The summed E-state index contributed by atoms with van der Waals surface area (Å²) in [5, 5.41) is 10.4. The van der Waals surface area contributed by atoms with E-state index < -0.39 is 11.9 Å². The third-order valence-corrected chi connectivity index (χ3v) is 4.74. The Morgan fingerprint density at radius 1 is 1.04 bits per heavy atom. The smallest absolute Gasteiger partial charge is 0.337 e. The van der Waals surface area contributed by atoms with Gasteiger partial charge in [0.25, 0.3) is 5.91 Å². The molecule has 0 saturated heterocycles. The summed E-state index contributed by atoms with van der Waals surface area (Å²) < 4.78 is 10.1. The molecule has 2 aromatic carbocycles. The number of thioether (sulfide) groups is 1. The van der Waals surface area contributed by atoms with E-state index in [1.807, 2.05) is 12.1 Å². The molecule has 1 amide bonds. The summed E-state index contributed by atoms with van der Waals surface area (Å²) in [6, 6.07) is 14.2. The van der Waals surface area contributed by atoms with Crippen LogP contribution in [0.4, 0.5) is 6.01 Å². The minimum atomic E-state index is -0.463. The van der Waals surface area contributed by atoms with E-state index in [1.54, 1.807) is 11.8 Å². The van der Waals surface area contributed by atoms with Gasteiger partial charge >= 0.3 is 12.0 Å². The lowest BCUT2D eigenvalue weighted by molar-refractivity contribution is 0.0600. The van der Waals surface area contributed by atoms with Crippen molar-refractivity contribution >= 4 is 29.7 Å². The molecule has 8 heteroatoms. The van der Waals surface area contributed by atoms with Crippen molar-refractivity contribution in [2.45, 2.75) is 18.2 Å². The van der Waals surface area contributed by atoms with E-state index in [4.69, 9.17) is 4.42 Å². The van der Waals surface area contributed by atoms with Crippen LogP contribution in [0.15, 0.2) is 57.8 Å². The minimum Gasteiger partial charge on any atom is -0.465 e. The van der Waals surface area contributed by atoms with E-state index in [2.05, 4.69) is 39.3 Å². The van der Waals surface area contributed by atoms with Gasteiger partial charge in [0.05, 0.1) is 19.1 Å². The number of carbonyl (C=O) groups excluding carboxylic acids is 2. The molecule has 1 N–H and O–H groups in total. The first-order chi connectivity index (χ1) is 13.6. The normalized spacial score (nSPS) is 10.5. The van der Waals surface area contributed by atoms with Crippen molar-refractivity contribution in [3.05, 3.63) is 71.1 Å². The molecule has 0 bridgehead atoms. The number of methoxy groups -OCH3 is 1. The summed E-state index contributed by atoms with van der Waals surface area (Å²) in [5.41, 5.74) is 1.76. The number of nitrogens with zero attached hydrogens (tertiary/aromatic N) is 2. The van der Waals surface area contributed by atoms with Crippen molar-refractivity contribution in [2.24, 2.45) is 0 Å². The number of benzene rings is 2. The number of aromatic nitrogens is 2. The van der Waals surface area contributed by atoms with E-state index in [0.717, 1.165) is 11.3 Å². The average molecular weight is 397 g/mol. The van der Waals surface area contributed by atoms with Crippen LogP contribution in [-0.4, -0.2) is 34.9 Å². The van der Waals surface area contributed by atoms with Crippen LogP contribution in [0.5, 0.6) is 0 Å². The monoisotopic (exact) mass is 397 g/mol. The van der Waals surface area contributed by atoms with Gasteiger partial charge in [0.15, 0.2) is 0 Å². The van der Waals surface area contributed by atoms with Gasteiger partial charge in [0, 0.05) is 10.5 Å². The van der Waals surface area contributed by atoms with Gasteiger partial charge in [0.1, 0.15) is 0 Å². The molecule has 7 nitrogen and oxygen atoms in total. The van der Waals surface area contributed by atoms with Crippen molar-refractivity contribution in [1.82, 2.24) is 10.2 Å². The van der Waals surface area contributed by atoms with E-state index in [1.165, 1.54) is 36.3 Å². The number of amides is 1. The van der Waals surface area contributed by atoms with Crippen LogP contribution in [0.1, 0.15) is 39.1 Å². The van der Waals surface area contributed by atoms with E-state index in [9.17, 15) is 9.59 Å². The second-order valence-electron chi connectivity index (χ2n) is 5.78. The second kappa shape index (κ2) is 9.18. The van der Waals surface area contributed by atoms with Crippen molar-refractivity contribution in [3.8, 4) is 0 Å². The van der Waals surface area contributed by atoms with Crippen LogP contribution in [0.25, 0.3) is 0 Å². The quantitative estimate of drug-likeness (QED) is 0.478. The predicted octanol–water partition coefficient (Wildman–Crippen LogP) is 3.81. The molecular weight excluding hydrogens is 378 g/mol. The van der Waals surface area contributed by atoms with E-state index in [0.29, 0.717) is 23.4 Å². The molecule has 28 heavy (non-hydrogen) atoms. The van der Waals surface area contributed by atoms with Crippen LogP contribution in [0.3, 0.4) is 0 Å². The number of carbonyl (C=O) groups is 2. The number of anilines is 1. The summed E-state index contributed by atoms with van der Waals surface area (Å²) in [4.78, 5) is 24.9. The maximum atomic E-state index is 12.3. The number of hydrogen-bond acceptors (Lipinski definition) is 7. The van der Waals surface area contributed by atoms with Gasteiger partial charge in [-0.25, -0.2) is 4.79 Å². The minimum absolute atomic E-state index is 0.0233. The number of rotatable bonds is 7. The number of hydrogen-bond donors (Lipinski definition) is 1. The lowest BCUT2D eigenvalue weighted by Crippen LogP contribution is -2.12. The van der Waals surface area contributed by atoms with Gasteiger partial charge in [-0.05, 0) is 47.7 Å². The molecule has 0 spiro atoms. The molecule has 0 atom stereocenters. The SMILES string of the molecule is CCSc1ccc(Cc2nnc(NC(=O)c3ccc(C(=O)OC)cc3)o2)cc1. The van der Waals surface area contributed by atoms with Crippen LogP contribution in [0.2, 0.25) is 0 Å². The van der Waals surface area contributed by atoms with E-state index >= 15 is 0 Å². The van der Waals surface area contributed by atoms with Gasteiger partial charge in [-0.3, -0.25) is 10.1 Å². The molecular formula is C20H19N3O4S. The van der Waals surface area contributed by atoms with Crippen molar-refractivity contribution in [1.29, 1.82) is 0 Å². The molecule has 3 rings (SSSR count). The number of esters is 1. The van der Waals surface area contributed by atoms with Gasteiger partial charge in [0.2, 0.25) is 5.89 Å². The molecule has 1 heterocycles. The van der Waals surface area contributed by atoms with Crippen LogP contribution < -0.4 is 5.32 Å². The van der Waals surface area contributed by atoms with Gasteiger partial charge in [-0.2, -0.15) is 0 Å². The Bertz CT molecular complexity index is 952. The molecule has 1 aromatic heterocycles. The van der Waals surface area contributed by atoms with Crippen LogP contribution in [0, 0.1) is 0 Å². The topological polar surface area (TPSA) is 94.3 Å². The fourth-order valence-electron chi connectivity index (χ4n) is 2.47. The summed E-state index contributed by atoms with van der Waals surface area (Å²) in [7, 11) is 1.30. The van der Waals surface area contributed by atoms with E-state index in [-0.39, 0.29) is 6.01 Å². The summed E-state index contributed by atoms with van der Waals surface area (Å²) in [6.07, 6.45) is 0.480. The highest BCUT2D eigenvalue weighted by atomic mass is 32.2. The first kappa shape index (κ1) is 19.6. The maximum Gasteiger partial charge on any atom is 0.337 e. The summed E-state index contributed by atoms with van der Waals surface area (Å²) in [5.74, 6) is 0.562. The fraction of sp³-hybridized carbons (Fsp3) is 0.200. The lowest BCUT2D eigenvalue weighted by atomic mass is 10.1. The zero-order valence-corrected chi connectivity index (χ0v) is 16.3. The molecule has 0 aliphatic heterocycles. The average Bonchev–Trinajstić information content (AvgIpc) is 3.16. The first-order valence-corrected chi connectivity index (χ1v) is 9.61. The first-order valence-electron chi connectivity index (χ1n) is 8.63. The van der Waals surface area contributed by atoms with Crippen molar-refractivity contribution in [3.63, 3.8) is 0 Å². The largest absolute Gasteiger partial charge is 0.465 e. The maximum absolute atomic E-state index is 12.3. The number of ether oxygens (including phenoxy) is 1. The standard InChI is InChI=1S/C20H19N3O4S/c1-3-28-16-10-4-13(5-11-16)12-17-22-23-20(27-17)21-18(24)14-6-8-15(9-7-14)19(25)26-2/h4-11H,3,12H2,1-2H3,(H,21,23,24). The Labute approximate surface area is 166 Å². The highest BCUT2D eigenvalue weighted by Crippen LogP contribution is 2.19. The number of nitrogens with one attached hydrogen (secondary N) is 1.